The Labute approximate surface area is 183 Å². The predicted molar refractivity (Wildman–Crippen MR) is 115 cm³/mol. The molecule has 3 aliphatic heterocycles. The third-order valence-electron chi connectivity index (χ3n) is 6.33. The van der Waals surface area contributed by atoms with Crippen molar-refractivity contribution in [2.75, 3.05) is 50.9 Å². The van der Waals surface area contributed by atoms with Crippen LogP contribution >= 0.6 is 0 Å². The second kappa shape index (κ2) is 9.78. The van der Waals surface area contributed by atoms with Gasteiger partial charge in [-0.1, -0.05) is 6.92 Å². The minimum absolute atomic E-state index is 0.00618. The van der Waals surface area contributed by atoms with Gasteiger partial charge in [0.05, 0.1) is 38.0 Å². The molecule has 0 radical (unpaired) electrons. The van der Waals surface area contributed by atoms with Crippen molar-refractivity contribution < 1.29 is 23.9 Å². The van der Waals surface area contributed by atoms with Crippen molar-refractivity contribution >= 4 is 23.4 Å². The standard InChI is InChI=1S/C23H31N3O5/c1-2-13-31-19-5-3-18(4-6-19)26-21(27)16-20(23(26)29)24-9-7-17(8-10-24)22(28)25-11-14-30-15-12-25/h3-6,17,20H,2,7-16H2,1H3. The van der Waals surface area contributed by atoms with Gasteiger partial charge in [0.15, 0.2) is 0 Å². The molecule has 1 atom stereocenters. The molecular weight excluding hydrogens is 398 g/mol. The Bertz CT molecular complexity index is 798. The van der Waals surface area contributed by atoms with E-state index in [2.05, 4.69) is 4.90 Å². The molecule has 168 valence electrons. The summed E-state index contributed by atoms with van der Waals surface area (Å²) < 4.78 is 10.9. The van der Waals surface area contributed by atoms with Crippen molar-refractivity contribution in [2.24, 2.45) is 5.92 Å². The maximum Gasteiger partial charge on any atom is 0.251 e. The zero-order valence-electron chi connectivity index (χ0n) is 18.1. The van der Waals surface area contributed by atoms with Crippen molar-refractivity contribution in [1.29, 1.82) is 0 Å². The number of rotatable bonds is 6. The van der Waals surface area contributed by atoms with Crippen molar-refractivity contribution in [3.63, 3.8) is 0 Å². The van der Waals surface area contributed by atoms with E-state index in [9.17, 15) is 14.4 Å². The van der Waals surface area contributed by atoms with Gasteiger partial charge in [-0.05, 0) is 56.6 Å². The second-order valence-electron chi connectivity index (χ2n) is 8.38. The molecule has 8 heteroatoms. The van der Waals surface area contributed by atoms with E-state index in [-0.39, 0.29) is 30.1 Å². The van der Waals surface area contributed by atoms with Gasteiger partial charge in [0, 0.05) is 19.0 Å². The van der Waals surface area contributed by atoms with Gasteiger partial charge in [-0.2, -0.15) is 0 Å². The Balaban J connectivity index is 1.34. The molecule has 0 spiro atoms. The number of likely N-dealkylation sites (tertiary alicyclic amines) is 1. The monoisotopic (exact) mass is 429 g/mol. The highest BCUT2D eigenvalue weighted by Crippen LogP contribution is 2.30. The fraction of sp³-hybridized carbons (Fsp3) is 0.609. The molecule has 3 amide bonds. The summed E-state index contributed by atoms with van der Waals surface area (Å²) in [7, 11) is 0. The lowest BCUT2D eigenvalue weighted by atomic mass is 9.94. The van der Waals surface area contributed by atoms with E-state index in [0.29, 0.717) is 51.7 Å². The van der Waals surface area contributed by atoms with Crippen LogP contribution in [0.1, 0.15) is 32.6 Å². The Kier molecular flexibility index (Phi) is 6.87. The van der Waals surface area contributed by atoms with Crippen molar-refractivity contribution in [1.82, 2.24) is 9.80 Å². The molecule has 1 aromatic rings. The highest BCUT2D eigenvalue weighted by molar-refractivity contribution is 6.22. The Morgan fingerprint density at radius 1 is 1.06 bits per heavy atom. The first-order chi connectivity index (χ1) is 15.1. The summed E-state index contributed by atoms with van der Waals surface area (Å²) in [5.74, 6) is 0.569. The molecule has 3 aliphatic rings. The molecular formula is C23H31N3O5. The zero-order valence-corrected chi connectivity index (χ0v) is 18.1. The second-order valence-corrected chi connectivity index (χ2v) is 8.38. The minimum atomic E-state index is -0.442. The summed E-state index contributed by atoms with van der Waals surface area (Å²) in [5, 5.41) is 0. The van der Waals surface area contributed by atoms with Crippen LogP contribution in [-0.4, -0.2) is 79.6 Å². The molecule has 0 aromatic heterocycles. The summed E-state index contributed by atoms with van der Waals surface area (Å²) in [4.78, 5) is 43.7. The number of carbonyl (C=O) groups excluding carboxylic acids is 3. The number of carbonyl (C=O) groups is 3. The number of imide groups is 1. The first-order valence-corrected chi connectivity index (χ1v) is 11.3. The molecule has 3 fully saturated rings. The van der Waals surface area contributed by atoms with Crippen LogP contribution in [0.25, 0.3) is 0 Å². The van der Waals surface area contributed by atoms with Crippen molar-refractivity contribution in [2.45, 2.75) is 38.6 Å². The van der Waals surface area contributed by atoms with Crippen LogP contribution in [0.3, 0.4) is 0 Å². The van der Waals surface area contributed by atoms with E-state index >= 15 is 0 Å². The van der Waals surface area contributed by atoms with Gasteiger partial charge in [0.25, 0.3) is 5.91 Å². The predicted octanol–water partition coefficient (Wildman–Crippen LogP) is 1.68. The summed E-state index contributed by atoms with van der Waals surface area (Å²) in [5.41, 5.74) is 0.582. The molecule has 3 heterocycles. The summed E-state index contributed by atoms with van der Waals surface area (Å²) >= 11 is 0. The zero-order chi connectivity index (χ0) is 21.8. The molecule has 0 saturated carbocycles. The average molecular weight is 430 g/mol. The van der Waals surface area contributed by atoms with Crippen LogP contribution in [0.4, 0.5) is 5.69 Å². The van der Waals surface area contributed by atoms with E-state index in [4.69, 9.17) is 9.47 Å². The molecule has 8 nitrogen and oxygen atoms in total. The molecule has 0 bridgehead atoms. The van der Waals surface area contributed by atoms with Crippen LogP contribution in [0.15, 0.2) is 24.3 Å². The summed E-state index contributed by atoms with van der Waals surface area (Å²) in [6, 6.07) is 6.67. The fourth-order valence-corrected chi connectivity index (χ4v) is 4.58. The van der Waals surface area contributed by atoms with E-state index < -0.39 is 6.04 Å². The Morgan fingerprint density at radius 3 is 2.39 bits per heavy atom. The van der Waals surface area contributed by atoms with Gasteiger partial charge in [0.2, 0.25) is 11.8 Å². The number of piperidine rings is 1. The van der Waals surface area contributed by atoms with Gasteiger partial charge in [-0.25, -0.2) is 4.90 Å². The lowest BCUT2D eigenvalue weighted by Gasteiger charge is -2.37. The summed E-state index contributed by atoms with van der Waals surface area (Å²) in [6.07, 6.45) is 2.55. The molecule has 4 rings (SSSR count). The van der Waals surface area contributed by atoms with E-state index in [1.165, 1.54) is 4.90 Å². The number of anilines is 1. The highest BCUT2D eigenvalue weighted by Gasteiger charge is 2.44. The van der Waals surface area contributed by atoms with Crippen LogP contribution in [-0.2, 0) is 19.1 Å². The molecule has 0 N–H and O–H groups in total. The lowest BCUT2D eigenvalue weighted by Crippen LogP contribution is -2.50. The quantitative estimate of drug-likeness (QED) is 0.640. The normalized spacial score (nSPS) is 23.5. The number of hydrogen-bond donors (Lipinski definition) is 0. The number of morpholine rings is 1. The lowest BCUT2D eigenvalue weighted by molar-refractivity contribution is -0.141. The molecule has 0 aliphatic carbocycles. The van der Waals surface area contributed by atoms with Gasteiger partial charge in [-0.3, -0.25) is 19.3 Å². The molecule has 3 saturated heterocycles. The van der Waals surface area contributed by atoms with E-state index in [1.54, 1.807) is 24.3 Å². The van der Waals surface area contributed by atoms with E-state index in [1.807, 2.05) is 11.8 Å². The van der Waals surface area contributed by atoms with Gasteiger partial charge in [0.1, 0.15) is 5.75 Å². The van der Waals surface area contributed by atoms with Gasteiger partial charge in [-0.15, -0.1) is 0 Å². The van der Waals surface area contributed by atoms with Crippen LogP contribution in [0.5, 0.6) is 5.75 Å². The number of benzene rings is 1. The smallest absolute Gasteiger partial charge is 0.251 e. The third-order valence-corrected chi connectivity index (χ3v) is 6.33. The minimum Gasteiger partial charge on any atom is -0.494 e. The number of hydrogen-bond acceptors (Lipinski definition) is 6. The van der Waals surface area contributed by atoms with Gasteiger partial charge < -0.3 is 14.4 Å². The van der Waals surface area contributed by atoms with Crippen molar-refractivity contribution in [3.05, 3.63) is 24.3 Å². The topological polar surface area (TPSA) is 79.4 Å². The largest absolute Gasteiger partial charge is 0.494 e. The fourth-order valence-electron chi connectivity index (χ4n) is 4.58. The maximum atomic E-state index is 13.1. The molecule has 1 unspecified atom stereocenters. The van der Waals surface area contributed by atoms with Gasteiger partial charge >= 0.3 is 0 Å². The van der Waals surface area contributed by atoms with E-state index in [0.717, 1.165) is 25.0 Å². The van der Waals surface area contributed by atoms with Crippen LogP contribution < -0.4 is 9.64 Å². The SMILES string of the molecule is CCCOc1ccc(N2C(=O)CC(N3CCC(C(=O)N4CCOCC4)CC3)C2=O)cc1. The average Bonchev–Trinajstić information content (AvgIpc) is 3.12. The van der Waals surface area contributed by atoms with Crippen LogP contribution in [0, 0.1) is 5.92 Å². The Hall–Kier alpha value is -2.45. The van der Waals surface area contributed by atoms with Crippen molar-refractivity contribution in [3.8, 4) is 5.75 Å². The third kappa shape index (κ3) is 4.75. The highest BCUT2D eigenvalue weighted by atomic mass is 16.5. The molecule has 1 aromatic carbocycles. The first kappa shape index (κ1) is 21.8. The van der Waals surface area contributed by atoms with Crippen LogP contribution in [0.2, 0.25) is 0 Å². The number of amides is 3. The number of nitrogens with zero attached hydrogens (tertiary/aromatic N) is 3. The summed E-state index contributed by atoms with van der Waals surface area (Å²) in [6.45, 7) is 6.50. The number of ether oxygens (including phenoxy) is 2. The Morgan fingerprint density at radius 2 is 1.74 bits per heavy atom. The molecule has 31 heavy (non-hydrogen) atoms. The maximum absolute atomic E-state index is 13.1. The first-order valence-electron chi connectivity index (χ1n) is 11.3.